The van der Waals surface area contributed by atoms with Gasteiger partial charge in [0.25, 0.3) is 11.8 Å². The van der Waals surface area contributed by atoms with Crippen LogP contribution in [0.25, 0.3) is 0 Å². The quantitative estimate of drug-likeness (QED) is 0.799. The molecule has 28 heavy (non-hydrogen) atoms. The molecule has 4 rings (SSSR count). The number of anilines is 1. The summed E-state index contributed by atoms with van der Waals surface area (Å²) in [6, 6.07) is 9.70. The van der Waals surface area contributed by atoms with Crippen molar-refractivity contribution in [1.82, 2.24) is 14.9 Å². The van der Waals surface area contributed by atoms with E-state index in [0.29, 0.717) is 37.3 Å². The first-order valence-electron chi connectivity index (χ1n) is 9.63. The van der Waals surface area contributed by atoms with Crippen molar-refractivity contribution < 1.29 is 14.3 Å². The van der Waals surface area contributed by atoms with Gasteiger partial charge in [0, 0.05) is 25.0 Å². The lowest BCUT2D eigenvalue weighted by molar-refractivity contribution is -0.140. The van der Waals surface area contributed by atoms with Gasteiger partial charge in [-0.2, -0.15) is 0 Å². The summed E-state index contributed by atoms with van der Waals surface area (Å²) in [5.41, 5.74) is 1.71. The van der Waals surface area contributed by atoms with Crippen LogP contribution in [-0.4, -0.2) is 58.5 Å². The van der Waals surface area contributed by atoms with E-state index in [1.165, 1.54) is 6.33 Å². The second-order valence-electron chi connectivity index (χ2n) is 7.45. The highest BCUT2D eigenvalue weighted by Crippen LogP contribution is 2.33. The number of hydrogen-bond donors (Lipinski definition) is 0. The third-order valence-electron chi connectivity index (χ3n) is 5.64. The lowest BCUT2D eigenvalue weighted by Crippen LogP contribution is -2.55. The van der Waals surface area contributed by atoms with E-state index < -0.39 is 5.60 Å². The number of ether oxygens (including phenoxy) is 1. The summed E-state index contributed by atoms with van der Waals surface area (Å²) in [7, 11) is 0. The molecule has 2 saturated heterocycles. The predicted octanol–water partition coefficient (Wildman–Crippen LogP) is 2.21. The lowest BCUT2D eigenvalue weighted by atomic mass is 9.92. The van der Waals surface area contributed by atoms with Gasteiger partial charge < -0.3 is 14.5 Å². The Hall–Kier alpha value is -2.80. The normalized spacial score (nSPS) is 23.0. The number of hydrogen-bond acceptors (Lipinski definition) is 5. The minimum Gasteiger partial charge on any atom is -0.363 e. The van der Waals surface area contributed by atoms with E-state index in [1.807, 2.05) is 47.1 Å². The van der Waals surface area contributed by atoms with Crippen LogP contribution < -0.4 is 4.90 Å². The predicted molar refractivity (Wildman–Crippen MR) is 104 cm³/mol. The number of aryl methyl sites for hydroxylation is 1. The first kappa shape index (κ1) is 18.6. The third-order valence-corrected chi connectivity index (χ3v) is 5.64. The molecule has 2 aliphatic heterocycles. The molecule has 1 aromatic carbocycles. The molecule has 2 amide bonds. The Morgan fingerprint density at radius 1 is 1.18 bits per heavy atom. The Morgan fingerprint density at radius 2 is 2.00 bits per heavy atom. The maximum absolute atomic E-state index is 12.9. The van der Waals surface area contributed by atoms with Crippen molar-refractivity contribution >= 4 is 17.5 Å². The van der Waals surface area contributed by atoms with Crippen molar-refractivity contribution in [3.05, 3.63) is 54.1 Å². The molecular formula is C21H24N4O3. The van der Waals surface area contributed by atoms with Gasteiger partial charge >= 0.3 is 0 Å². The average Bonchev–Trinajstić information content (AvgIpc) is 2.93. The largest absolute Gasteiger partial charge is 0.363 e. The first-order valence-corrected chi connectivity index (χ1v) is 9.63. The number of amides is 2. The summed E-state index contributed by atoms with van der Waals surface area (Å²) in [5.74, 6) is -0.0620. The van der Waals surface area contributed by atoms with E-state index in [2.05, 4.69) is 9.97 Å². The van der Waals surface area contributed by atoms with Crippen LogP contribution in [0.4, 0.5) is 5.69 Å². The van der Waals surface area contributed by atoms with Gasteiger partial charge in [0.05, 0.1) is 23.4 Å². The van der Waals surface area contributed by atoms with Crippen molar-refractivity contribution in [2.75, 3.05) is 31.1 Å². The summed E-state index contributed by atoms with van der Waals surface area (Å²) in [4.78, 5) is 37.1. The molecule has 2 aromatic rings. The first-order chi connectivity index (χ1) is 13.6. The van der Waals surface area contributed by atoms with E-state index in [0.717, 1.165) is 18.5 Å². The molecule has 1 aromatic heterocycles. The maximum Gasteiger partial charge on any atom is 0.257 e. The van der Waals surface area contributed by atoms with Gasteiger partial charge in [0.1, 0.15) is 12.9 Å². The van der Waals surface area contributed by atoms with Crippen molar-refractivity contribution in [3.63, 3.8) is 0 Å². The maximum atomic E-state index is 12.9. The zero-order valence-electron chi connectivity index (χ0n) is 16.0. The number of benzene rings is 1. The van der Waals surface area contributed by atoms with Crippen LogP contribution in [0.2, 0.25) is 0 Å². The summed E-state index contributed by atoms with van der Waals surface area (Å²) in [6.07, 6.45) is 5.38. The fourth-order valence-electron chi connectivity index (χ4n) is 4.00. The molecule has 2 aliphatic rings. The summed E-state index contributed by atoms with van der Waals surface area (Å²) < 4.78 is 6.05. The van der Waals surface area contributed by atoms with Crippen LogP contribution in [0, 0.1) is 6.92 Å². The summed E-state index contributed by atoms with van der Waals surface area (Å²) in [5, 5.41) is 0. The Bertz CT molecular complexity index is 873. The number of carbonyl (C=O) groups excluding carboxylic acids is 2. The molecule has 1 unspecified atom stereocenters. The second-order valence-corrected chi connectivity index (χ2v) is 7.45. The Kier molecular flexibility index (Phi) is 5.09. The van der Waals surface area contributed by atoms with E-state index in [4.69, 9.17) is 4.74 Å². The lowest BCUT2D eigenvalue weighted by Gasteiger charge is -2.42. The van der Waals surface area contributed by atoms with E-state index in [1.54, 1.807) is 6.20 Å². The molecule has 7 nitrogen and oxygen atoms in total. The second kappa shape index (κ2) is 7.67. The topological polar surface area (TPSA) is 75.6 Å². The van der Waals surface area contributed by atoms with Gasteiger partial charge in [-0.15, -0.1) is 0 Å². The molecular weight excluding hydrogens is 356 g/mol. The van der Waals surface area contributed by atoms with E-state index in [9.17, 15) is 9.59 Å². The Balaban J connectivity index is 1.49. The number of nitrogens with zero attached hydrogens (tertiary/aromatic N) is 4. The Labute approximate surface area is 164 Å². The standard InChI is InChI=1S/C21H24N4O3/c1-16-18(12-22-15-23-16)20(27)24-10-5-8-21(9-11-24)14-25(19(26)13-28-21)17-6-3-2-4-7-17/h2-4,6-7,12,15H,5,8-11,13-14H2,1H3. The average molecular weight is 380 g/mol. The number of carbonyl (C=O) groups is 2. The molecule has 1 atom stereocenters. The van der Waals surface area contributed by atoms with Crippen LogP contribution in [0.1, 0.15) is 35.3 Å². The highest BCUT2D eigenvalue weighted by molar-refractivity contribution is 5.95. The molecule has 2 fully saturated rings. The fraction of sp³-hybridized carbons (Fsp3) is 0.429. The van der Waals surface area contributed by atoms with Crippen LogP contribution in [0.3, 0.4) is 0 Å². The molecule has 7 heteroatoms. The minimum absolute atomic E-state index is 0.0222. The van der Waals surface area contributed by atoms with Crippen molar-refractivity contribution in [2.45, 2.75) is 31.8 Å². The SMILES string of the molecule is Cc1ncncc1C(=O)N1CCCC2(CC1)CN(c1ccccc1)C(=O)CO2. The van der Waals surface area contributed by atoms with Crippen molar-refractivity contribution in [2.24, 2.45) is 0 Å². The van der Waals surface area contributed by atoms with Gasteiger partial charge in [-0.3, -0.25) is 9.59 Å². The minimum atomic E-state index is -0.416. The van der Waals surface area contributed by atoms with Gasteiger partial charge in [-0.1, -0.05) is 18.2 Å². The van der Waals surface area contributed by atoms with Gasteiger partial charge in [-0.25, -0.2) is 9.97 Å². The molecule has 1 spiro atoms. The van der Waals surface area contributed by atoms with Crippen molar-refractivity contribution in [1.29, 1.82) is 0 Å². The van der Waals surface area contributed by atoms with Crippen molar-refractivity contribution in [3.8, 4) is 0 Å². The zero-order valence-corrected chi connectivity index (χ0v) is 16.0. The number of likely N-dealkylation sites (tertiary alicyclic amines) is 1. The number of rotatable bonds is 2. The smallest absolute Gasteiger partial charge is 0.257 e. The third kappa shape index (κ3) is 3.62. The molecule has 0 saturated carbocycles. The van der Waals surface area contributed by atoms with E-state index >= 15 is 0 Å². The highest BCUT2D eigenvalue weighted by Gasteiger charge is 2.42. The fourth-order valence-corrected chi connectivity index (χ4v) is 4.00. The number of morpholine rings is 1. The highest BCUT2D eigenvalue weighted by atomic mass is 16.5. The molecule has 0 radical (unpaired) electrons. The van der Waals surface area contributed by atoms with E-state index in [-0.39, 0.29) is 18.4 Å². The zero-order chi connectivity index (χ0) is 19.6. The van der Waals surface area contributed by atoms with Crippen LogP contribution in [0.15, 0.2) is 42.9 Å². The monoisotopic (exact) mass is 380 g/mol. The molecule has 0 N–H and O–H groups in total. The number of para-hydroxylation sites is 1. The van der Waals surface area contributed by atoms with Gasteiger partial charge in [0.15, 0.2) is 0 Å². The van der Waals surface area contributed by atoms with Gasteiger partial charge in [0.2, 0.25) is 0 Å². The molecule has 146 valence electrons. The Morgan fingerprint density at radius 3 is 2.79 bits per heavy atom. The van der Waals surface area contributed by atoms with Crippen LogP contribution >= 0.6 is 0 Å². The van der Waals surface area contributed by atoms with Gasteiger partial charge in [-0.05, 0) is 38.3 Å². The van der Waals surface area contributed by atoms with Crippen LogP contribution in [-0.2, 0) is 9.53 Å². The number of aromatic nitrogens is 2. The molecule has 0 bridgehead atoms. The molecule has 0 aliphatic carbocycles. The summed E-state index contributed by atoms with van der Waals surface area (Å²) in [6.45, 7) is 3.67. The molecule has 3 heterocycles. The van der Waals surface area contributed by atoms with Crippen LogP contribution in [0.5, 0.6) is 0 Å². The summed E-state index contributed by atoms with van der Waals surface area (Å²) >= 11 is 0.